The Bertz CT molecular complexity index is 1880. The Morgan fingerprint density at radius 3 is 2.59 bits per heavy atom. The number of esters is 1. The second-order valence-corrected chi connectivity index (χ2v) is 10.9. The van der Waals surface area contributed by atoms with Crippen LogP contribution in [0.15, 0.2) is 80.1 Å². The molecule has 0 saturated carbocycles. The van der Waals surface area contributed by atoms with Crippen molar-refractivity contribution < 1.29 is 23.6 Å². The number of halogens is 1. The van der Waals surface area contributed by atoms with E-state index in [0.29, 0.717) is 48.5 Å². The number of nitro groups is 1. The molecule has 0 aliphatic carbocycles. The van der Waals surface area contributed by atoms with Crippen LogP contribution in [0.1, 0.15) is 38.1 Å². The van der Waals surface area contributed by atoms with Gasteiger partial charge in [0.2, 0.25) is 0 Å². The maximum Gasteiger partial charge on any atom is 0.338 e. The normalized spacial score (nSPS) is 15.1. The van der Waals surface area contributed by atoms with Gasteiger partial charge < -0.3 is 13.9 Å². The monoisotopic (exact) mass is 593 g/mol. The highest BCUT2D eigenvalue weighted by atomic mass is 35.5. The maximum absolute atomic E-state index is 13.8. The van der Waals surface area contributed by atoms with Gasteiger partial charge in [-0.3, -0.25) is 19.5 Å². The molecule has 0 amide bonds. The van der Waals surface area contributed by atoms with Crippen LogP contribution in [0.4, 0.5) is 5.69 Å². The van der Waals surface area contributed by atoms with Crippen LogP contribution in [-0.4, -0.2) is 28.7 Å². The molecule has 2 aromatic heterocycles. The van der Waals surface area contributed by atoms with E-state index in [9.17, 15) is 19.7 Å². The SMILES string of the molecule is COc1ccc([N+](=O)[O-])cc1-c1ccc(/C=c2\sc3n(c2=O)C(c2ccc(Cl)cc2)C(C(=O)OC(C)C)=C(C)N=3)o1. The summed E-state index contributed by atoms with van der Waals surface area (Å²) in [4.78, 5) is 42.8. The average Bonchev–Trinajstić information content (AvgIpc) is 3.51. The molecule has 1 unspecified atom stereocenters. The van der Waals surface area contributed by atoms with E-state index in [0.717, 1.165) is 11.3 Å². The number of aromatic nitrogens is 1. The van der Waals surface area contributed by atoms with Gasteiger partial charge in [-0.25, -0.2) is 9.79 Å². The van der Waals surface area contributed by atoms with Crippen molar-refractivity contribution in [2.45, 2.75) is 32.9 Å². The highest BCUT2D eigenvalue weighted by Gasteiger charge is 2.33. The molecule has 1 atom stereocenters. The molecule has 0 fully saturated rings. The number of carbonyl (C=O) groups is 1. The first-order valence-electron chi connectivity index (χ1n) is 12.5. The summed E-state index contributed by atoms with van der Waals surface area (Å²) in [7, 11) is 1.46. The number of benzene rings is 2. The van der Waals surface area contributed by atoms with Crippen molar-refractivity contribution in [1.82, 2.24) is 4.57 Å². The Kier molecular flexibility index (Phi) is 7.65. The summed E-state index contributed by atoms with van der Waals surface area (Å²) < 4.78 is 18.6. The molecule has 3 heterocycles. The molecule has 0 N–H and O–H groups in total. The number of hydrogen-bond acceptors (Lipinski definition) is 9. The molecule has 0 bridgehead atoms. The van der Waals surface area contributed by atoms with Gasteiger partial charge in [0.15, 0.2) is 4.80 Å². The van der Waals surface area contributed by atoms with E-state index in [1.165, 1.54) is 29.9 Å². The number of hydrogen-bond donors (Lipinski definition) is 0. The molecule has 0 spiro atoms. The van der Waals surface area contributed by atoms with E-state index >= 15 is 0 Å². The zero-order valence-electron chi connectivity index (χ0n) is 22.4. The van der Waals surface area contributed by atoms with Crippen LogP contribution in [0.5, 0.6) is 5.75 Å². The summed E-state index contributed by atoms with van der Waals surface area (Å²) in [6.07, 6.45) is 1.21. The number of rotatable bonds is 7. The molecule has 2 aromatic carbocycles. The number of methoxy groups -OCH3 is 1. The molecular weight excluding hydrogens is 570 g/mol. The molecule has 1 aliphatic heterocycles. The van der Waals surface area contributed by atoms with Crippen LogP contribution in [0.3, 0.4) is 0 Å². The minimum Gasteiger partial charge on any atom is -0.496 e. The first-order chi connectivity index (χ1) is 19.6. The molecule has 1 aliphatic rings. The van der Waals surface area contributed by atoms with Crippen molar-refractivity contribution in [3.8, 4) is 17.1 Å². The van der Waals surface area contributed by atoms with Crippen molar-refractivity contribution in [2.75, 3.05) is 7.11 Å². The van der Waals surface area contributed by atoms with Gasteiger partial charge in [-0.15, -0.1) is 0 Å². The minimum absolute atomic E-state index is 0.114. The Hall–Kier alpha value is -4.48. The van der Waals surface area contributed by atoms with E-state index in [1.54, 1.807) is 63.2 Å². The van der Waals surface area contributed by atoms with Crippen molar-refractivity contribution in [3.63, 3.8) is 0 Å². The maximum atomic E-state index is 13.8. The zero-order chi connectivity index (χ0) is 29.4. The number of non-ortho nitro benzene ring substituents is 1. The van der Waals surface area contributed by atoms with Crippen LogP contribution in [-0.2, 0) is 9.53 Å². The molecule has 41 heavy (non-hydrogen) atoms. The second-order valence-electron chi connectivity index (χ2n) is 9.43. The topological polar surface area (TPSA) is 126 Å². The Morgan fingerprint density at radius 1 is 1.20 bits per heavy atom. The number of allylic oxidation sites excluding steroid dienone is 1. The number of fused-ring (bicyclic) bond motifs is 1. The molecule has 0 radical (unpaired) electrons. The summed E-state index contributed by atoms with van der Waals surface area (Å²) >= 11 is 7.27. The Morgan fingerprint density at radius 2 is 1.93 bits per heavy atom. The fourth-order valence-electron chi connectivity index (χ4n) is 4.53. The van der Waals surface area contributed by atoms with Crippen molar-refractivity contribution >= 4 is 40.7 Å². The van der Waals surface area contributed by atoms with E-state index in [1.807, 2.05) is 0 Å². The van der Waals surface area contributed by atoms with Gasteiger partial charge in [0.25, 0.3) is 11.2 Å². The van der Waals surface area contributed by atoms with E-state index in [2.05, 4.69) is 4.99 Å². The van der Waals surface area contributed by atoms with Crippen LogP contribution in [0.25, 0.3) is 17.4 Å². The lowest BCUT2D eigenvalue weighted by atomic mass is 9.96. The van der Waals surface area contributed by atoms with Crippen LogP contribution in [0, 0.1) is 10.1 Å². The fraction of sp³-hybridized carbons (Fsp3) is 0.207. The van der Waals surface area contributed by atoms with E-state index < -0.39 is 16.9 Å². The van der Waals surface area contributed by atoms with Crippen molar-refractivity contribution in [3.05, 3.63) is 112 Å². The van der Waals surface area contributed by atoms with Gasteiger partial charge in [-0.2, -0.15) is 0 Å². The molecule has 210 valence electrons. The lowest BCUT2D eigenvalue weighted by molar-refractivity contribution is -0.384. The number of carbonyl (C=O) groups excluding carboxylic acids is 1. The largest absolute Gasteiger partial charge is 0.496 e. The minimum atomic E-state index is -0.779. The summed E-state index contributed by atoms with van der Waals surface area (Å²) in [5, 5.41) is 11.8. The third kappa shape index (κ3) is 5.46. The van der Waals surface area contributed by atoms with Crippen LogP contribution >= 0.6 is 22.9 Å². The summed E-state index contributed by atoms with van der Waals surface area (Å²) in [5.41, 5.74) is 1.29. The third-order valence-electron chi connectivity index (χ3n) is 6.33. The molecule has 0 saturated heterocycles. The number of furan rings is 1. The Balaban J connectivity index is 1.62. The van der Waals surface area contributed by atoms with Crippen molar-refractivity contribution in [1.29, 1.82) is 0 Å². The van der Waals surface area contributed by atoms with Gasteiger partial charge in [-0.05, 0) is 56.7 Å². The first-order valence-corrected chi connectivity index (χ1v) is 13.7. The van der Waals surface area contributed by atoms with Gasteiger partial charge in [0, 0.05) is 23.2 Å². The van der Waals surface area contributed by atoms with E-state index in [4.69, 9.17) is 25.5 Å². The zero-order valence-corrected chi connectivity index (χ0v) is 24.0. The lowest BCUT2D eigenvalue weighted by Crippen LogP contribution is -2.40. The smallest absolute Gasteiger partial charge is 0.338 e. The lowest BCUT2D eigenvalue weighted by Gasteiger charge is -2.25. The number of nitro benzene ring substituents is 1. The quantitative estimate of drug-likeness (QED) is 0.167. The summed E-state index contributed by atoms with van der Waals surface area (Å²) in [6.45, 7) is 5.21. The van der Waals surface area contributed by atoms with Crippen molar-refractivity contribution in [2.24, 2.45) is 4.99 Å². The Labute approximate surface area is 242 Å². The van der Waals surface area contributed by atoms with Gasteiger partial charge in [0.1, 0.15) is 17.3 Å². The predicted octanol–water partition coefficient (Wildman–Crippen LogP) is 5.02. The number of thiazole rings is 1. The van der Waals surface area contributed by atoms with Gasteiger partial charge in [-0.1, -0.05) is 35.1 Å². The molecule has 5 rings (SSSR count). The number of nitrogens with zero attached hydrogens (tertiary/aromatic N) is 3. The standard InChI is InChI=1S/C29H24ClN3O7S/c1-15(2)39-28(35)25-16(3)31-29-32(26(25)17-5-7-18(30)8-6-17)27(34)24(41-29)14-20-10-12-23(40-20)21-13-19(33(36)37)9-11-22(21)38-4/h5-15,26H,1-4H3/b24-14-. The number of ether oxygens (including phenoxy) is 2. The third-order valence-corrected chi connectivity index (χ3v) is 7.56. The second kappa shape index (κ2) is 11.2. The molecule has 12 heteroatoms. The molecular formula is C29H24ClN3O7S. The van der Waals surface area contributed by atoms with E-state index in [-0.39, 0.29) is 22.9 Å². The van der Waals surface area contributed by atoms with Gasteiger partial charge in [0.05, 0.1) is 45.5 Å². The van der Waals surface area contributed by atoms with Crippen LogP contribution < -0.4 is 19.6 Å². The predicted molar refractivity (Wildman–Crippen MR) is 154 cm³/mol. The molecule has 10 nitrogen and oxygen atoms in total. The molecule has 4 aromatic rings. The highest BCUT2D eigenvalue weighted by Crippen LogP contribution is 2.35. The fourth-order valence-corrected chi connectivity index (χ4v) is 5.68. The van der Waals surface area contributed by atoms with Crippen LogP contribution in [0.2, 0.25) is 5.02 Å². The van der Waals surface area contributed by atoms with Gasteiger partial charge >= 0.3 is 5.97 Å². The average molecular weight is 594 g/mol. The summed E-state index contributed by atoms with van der Waals surface area (Å²) in [6, 6.07) is 13.6. The first kappa shape index (κ1) is 28.1. The summed E-state index contributed by atoms with van der Waals surface area (Å²) in [5.74, 6) is 0.516. The highest BCUT2D eigenvalue weighted by molar-refractivity contribution is 7.07.